The van der Waals surface area contributed by atoms with E-state index < -0.39 is 21.0 Å². The Kier molecular flexibility index (Phi) is 6.72. The summed E-state index contributed by atoms with van der Waals surface area (Å²) in [7, 11) is -3.58. The van der Waals surface area contributed by atoms with Crippen molar-refractivity contribution in [1.29, 1.82) is 0 Å². The van der Waals surface area contributed by atoms with Crippen molar-refractivity contribution in [3.63, 3.8) is 0 Å². The standard InChI is InChI=1S/C29H33N5O2S/c1-23-15-17-26(18-16-23)37(35,36)33-21-19-29(20-22-33,25-13-9-6-10-14-25)27-30-32-34(31-27)28(2,3)24-11-7-4-5-8-12-24/h4,6-18H,5,19-22H2,1-3H3. The first-order valence-electron chi connectivity index (χ1n) is 12.7. The van der Waals surface area contributed by atoms with Crippen LogP contribution >= 0.6 is 0 Å². The lowest BCUT2D eigenvalue weighted by molar-refractivity contribution is 0.254. The molecule has 8 heteroatoms. The van der Waals surface area contributed by atoms with Crippen LogP contribution < -0.4 is 0 Å². The van der Waals surface area contributed by atoms with Gasteiger partial charge in [-0.15, -0.1) is 10.2 Å². The van der Waals surface area contributed by atoms with E-state index in [1.165, 1.54) is 0 Å². The Morgan fingerprint density at radius 2 is 1.65 bits per heavy atom. The molecule has 1 aromatic heterocycles. The summed E-state index contributed by atoms with van der Waals surface area (Å²) < 4.78 is 28.3. The number of aromatic nitrogens is 4. The van der Waals surface area contributed by atoms with Gasteiger partial charge in [0, 0.05) is 13.1 Å². The zero-order chi connectivity index (χ0) is 26.1. The van der Waals surface area contributed by atoms with Gasteiger partial charge >= 0.3 is 0 Å². The zero-order valence-corrected chi connectivity index (χ0v) is 22.4. The normalized spacial score (nSPS) is 18.4. The average molecular weight is 516 g/mol. The van der Waals surface area contributed by atoms with Gasteiger partial charge in [-0.2, -0.15) is 9.10 Å². The van der Waals surface area contributed by atoms with Gasteiger partial charge in [0.2, 0.25) is 10.0 Å². The van der Waals surface area contributed by atoms with Gasteiger partial charge in [-0.05, 0) is 68.5 Å². The topological polar surface area (TPSA) is 81.0 Å². The number of piperidine rings is 1. The van der Waals surface area contributed by atoms with Gasteiger partial charge < -0.3 is 0 Å². The Balaban J connectivity index is 1.47. The summed E-state index contributed by atoms with van der Waals surface area (Å²) in [5.41, 5.74) is 2.19. The van der Waals surface area contributed by atoms with Crippen molar-refractivity contribution in [3.05, 3.63) is 108 Å². The third-order valence-electron chi connectivity index (χ3n) is 7.59. The molecule has 7 nitrogen and oxygen atoms in total. The minimum absolute atomic E-state index is 0.329. The second-order valence-corrected chi connectivity index (χ2v) is 12.3. The van der Waals surface area contributed by atoms with Gasteiger partial charge in [0.25, 0.3) is 0 Å². The summed E-state index contributed by atoms with van der Waals surface area (Å²) in [6.45, 7) is 6.87. The van der Waals surface area contributed by atoms with Crippen LogP contribution in [0.1, 0.15) is 50.1 Å². The summed E-state index contributed by atoms with van der Waals surface area (Å²) in [5.74, 6) is 0.632. The minimum Gasteiger partial charge on any atom is -0.207 e. The van der Waals surface area contributed by atoms with E-state index in [0.29, 0.717) is 36.7 Å². The summed E-state index contributed by atoms with van der Waals surface area (Å²) in [6, 6.07) is 17.2. The molecule has 1 aliphatic heterocycles. The van der Waals surface area contributed by atoms with Crippen molar-refractivity contribution >= 4 is 10.0 Å². The Bertz CT molecular complexity index is 1440. The summed E-state index contributed by atoms with van der Waals surface area (Å²) >= 11 is 0. The number of rotatable bonds is 6. The molecule has 5 rings (SSSR count). The number of hydrogen-bond donors (Lipinski definition) is 0. The molecule has 0 spiro atoms. The van der Waals surface area contributed by atoms with Gasteiger partial charge in [-0.25, -0.2) is 8.42 Å². The van der Waals surface area contributed by atoms with Crippen LogP contribution in [0.15, 0.2) is 95.4 Å². The van der Waals surface area contributed by atoms with Crippen LogP contribution in [0.4, 0.5) is 0 Å². The number of hydrogen-bond acceptors (Lipinski definition) is 5. The second-order valence-electron chi connectivity index (χ2n) is 10.3. The quantitative estimate of drug-likeness (QED) is 0.465. The Hall–Kier alpha value is -3.36. The summed E-state index contributed by atoms with van der Waals surface area (Å²) in [5, 5.41) is 14.0. The molecular weight excluding hydrogens is 482 g/mol. The Morgan fingerprint density at radius 1 is 0.946 bits per heavy atom. The fourth-order valence-corrected chi connectivity index (χ4v) is 6.55. The molecule has 1 saturated heterocycles. The first-order chi connectivity index (χ1) is 17.7. The molecule has 2 aliphatic rings. The van der Waals surface area contributed by atoms with Crippen LogP contribution in [0.25, 0.3) is 0 Å². The van der Waals surface area contributed by atoms with Crippen molar-refractivity contribution in [2.24, 2.45) is 0 Å². The maximum Gasteiger partial charge on any atom is 0.243 e. The molecule has 0 bridgehead atoms. The first-order valence-corrected chi connectivity index (χ1v) is 14.1. The fraction of sp³-hybridized carbons (Fsp3) is 0.345. The number of allylic oxidation sites excluding steroid dienone is 6. The van der Waals surface area contributed by atoms with E-state index in [4.69, 9.17) is 5.10 Å². The minimum atomic E-state index is -3.58. The van der Waals surface area contributed by atoms with Crippen LogP contribution in [0.5, 0.6) is 0 Å². The van der Waals surface area contributed by atoms with E-state index in [0.717, 1.165) is 23.1 Å². The molecule has 3 aromatic rings. The molecule has 0 amide bonds. The maximum atomic E-state index is 13.4. The summed E-state index contributed by atoms with van der Waals surface area (Å²) in [6.07, 6.45) is 12.5. The van der Waals surface area contributed by atoms with Gasteiger partial charge in [-0.1, -0.05) is 78.4 Å². The molecule has 37 heavy (non-hydrogen) atoms. The smallest absolute Gasteiger partial charge is 0.207 e. The molecule has 0 N–H and O–H groups in total. The van der Waals surface area contributed by atoms with E-state index in [1.54, 1.807) is 21.2 Å². The molecule has 0 radical (unpaired) electrons. The molecule has 2 aromatic carbocycles. The maximum absolute atomic E-state index is 13.4. The molecule has 0 saturated carbocycles. The van der Waals surface area contributed by atoms with Crippen LogP contribution in [0.3, 0.4) is 0 Å². The van der Waals surface area contributed by atoms with Gasteiger partial charge in [0.1, 0.15) is 5.54 Å². The molecular formula is C29H33N5O2S. The van der Waals surface area contributed by atoms with Crippen molar-refractivity contribution in [2.45, 2.75) is 55.9 Å². The van der Waals surface area contributed by atoms with Gasteiger partial charge in [0.15, 0.2) is 5.82 Å². The van der Waals surface area contributed by atoms with E-state index in [-0.39, 0.29) is 0 Å². The number of sulfonamides is 1. The van der Waals surface area contributed by atoms with Gasteiger partial charge in [-0.3, -0.25) is 0 Å². The molecule has 1 aliphatic carbocycles. The monoisotopic (exact) mass is 515 g/mol. The number of nitrogens with zero attached hydrogens (tertiary/aromatic N) is 5. The SMILES string of the molecule is Cc1ccc(S(=O)(=O)N2CCC(c3ccccc3)(c3nnn(C(C)(C)C4=CC=CCC=C4)n3)CC2)cc1. The lowest BCUT2D eigenvalue weighted by Crippen LogP contribution is -2.46. The number of aryl methyl sites for hydroxylation is 1. The van der Waals surface area contributed by atoms with E-state index in [9.17, 15) is 8.42 Å². The van der Waals surface area contributed by atoms with Crippen molar-refractivity contribution < 1.29 is 8.42 Å². The predicted octanol–water partition coefficient (Wildman–Crippen LogP) is 4.93. The highest BCUT2D eigenvalue weighted by atomic mass is 32.2. The number of tetrazole rings is 1. The van der Waals surface area contributed by atoms with Crippen molar-refractivity contribution in [2.75, 3.05) is 13.1 Å². The van der Waals surface area contributed by atoms with E-state index in [1.807, 2.05) is 37.3 Å². The Morgan fingerprint density at radius 3 is 2.35 bits per heavy atom. The van der Waals surface area contributed by atoms with Crippen molar-refractivity contribution in [3.8, 4) is 0 Å². The highest BCUT2D eigenvalue weighted by Gasteiger charge is 2.45. The van der Waals surface area contributed by atoms with Crippen LogP contribution in [-0.2, 0) is 21.0 Å². The molecule has 2 heterocycles. The molecule has 192 valence electrons. The summed E-state index contributed by atoms with van der Waals surface area (Å²) in [4.78, 5) is 2.02. The van der Waals surface area contributed by atoms with Crippen LogP contribution in [-0.4, -0.2) is 46.0 Å². The highest BCUT2D eigenvalue weighted by Crippen LogP contribution is 2.41. The average Bonchev–Trinajstić information content (AvgIpc) is 3.26. The first kappa shape index (κ1) is 25.3. The largest absolute Gasteiger partial charge is 0.243 e. The Labute approximate surface area is 219 Å². The fourth-order valence-electron chi connectivity index (χ4n) is 5.11. The lowest BCUT2D eigenvalue weighted by atomic mass is 9.72. The van der Waals surface area contributed by atoms with Crippen LogP contribution in [0.2, 0.25) is 0 Å². The number of benzene rings is 2. The molecule has 1 fully saturated rings. The van der Waals surface area contributed by atoms with Gasteiger partial charge in [0.05, 0.1) is 10.3 Å². The second kappa shape index (κ2) is 9.84. The van der Waals surface area contributed by atoms with Crippen LogP contribution in [0, 0.1) is 6.92 Å². The molecule has 0 atom stereocenters. The molecule has 0 unspecified atom stereocenters. The van der Waals surface area contributed by atoms with Crippen molar-refractivity contribution in [1.82, 2.24) is 24.5 Å². The zero-order valence-electron chi connectivity index (χ0n) is 21.6. The van der Waals surface area contributed by atoms with E-state index >= 15 is 0 Å². The highest BCUT2D eigenvalue weighted by molar-refractivity contribution is 7.89. The van der Waals surface area contributed by atoms with E-state index in [2.05, 4.69) is 66.7 Å². The lowest BCUT2D eigenvalue weighted by Gasteiger charge is -2.39. The third-order valence-corrected chi connectivity index (χ3v) is 9.50. The predicted molar refractivity (Wildman–Crippen MR) is 145 cm³/mol. The third kappa shape index (κ3) is 4.71.